The molecule has 1 aliphatic carbocycles. The van der Waals surface area contributed by atoms with E-state index >= 15 is 0 Å². The first-order valence-electron chi connectivity index (χ1n) is 6.97. The van der Waals surface area contributed by atoms with E-state index in [1.165, 1.54) is 12.8 Å². The molecule has 1 aliphatic rings. The lowest BCUT2D eigenvalue weighted by Gasteiger charge is -2.22. The summed E-state index contributed by atoms with van der Waals surface area (Å²) in [6, 6.07) is 8.67. The Morgan fingerprint density at radius 2 is 2.11 bits per heavy atom. The van der Waals surface area contributed by atoms with Crippen molar-refractivity contribution in [2.45, 2.75) is 44.6 Å². The predicted octanol–water partition coefficient (Wildman–Crippen LogP) is 4.51. The van der Waals surface area contributed by atoms with Gasteiger partial charge >= 0.3 is 0 Å². The molecule has 2 nitrogen and oxygen atoms in total. The van der Waals surface area contributed by atoms with Gasteiger partial charge in [-0.25, -0.2) is 0 Å². The highest BCUT2D eigenvalue weighted by Crippen LogP contribution is 2.33. The Labute approximate surface area is 119 Å². The maximum Gasteiger partial charge on any atom is 0.134 e. The van der Waals surface area contributed by atoms with E-state index in [9.17, 15) is 0 Å². The average Bonchev–Trinajstić information content (AvgIpc) is 3.06. The molecule has 1 saturated carbocycles. The average molecular weight is 278 g/mol. The van der Waals surface area contributed by atoms with Gasteiger partial charge in [0.1, 0.15) is 11.3 Å². The van der Waals surface area contributed by atoms with Gasteiger partial charge in [0.05, 0.1) is 0 Å². The van der Waals surface area contributed by atoms with Gasteiger partial charge in [0, 0.05) is 21.9 Å². The van der Waals surface area contributed by atoms with Crippen LogP contribution < -0.4 is 5.32 Å². The van der Waals surface area contributed by atoms with Gasteiger partial charge in [-0.2, -0.15) is 0 Å². The minimum Gasteiger partial charge on any atom is -0.461 e. The zero-order valence-electron chi connectivity index (χ0n) is 11.5. The summed E-state index contributed by atoms with van der Waals surface area (Å²) in [6.45, 7) is 5.53. The first kappa shape index (κ1) is 13.0. The number of hydrogen-bond acceptors (Lipinski definition) is 2. The van der Waals surface area contributed by atoms with Crippen molar-refractivity contribution in [1.82, 2.24) is 5.32 Å². The lowest BCUT2D eigenvalue weighted by Crippen LogP contribution is -2.26. The molecule has 0 atom stereocenters. The number of fused-ring (bicyclic) bond motifs is 1. The van der Waals surface area contributed by atoms with E-state index in [4.69, 9.17) is 16.0 Å². The van der Waals surface area contributed by atoms with Crippen LogP contribution in [0.4, 0.5) is 0 Å². The molecular weight excluding hydrogens is 258 g/mol. The fourth-order valence-corrected chi connectivity index (χ4v) is 2.53. The molecule has 2 aromatic rings. The maximum absolute atomic E-state index is 6.02. The molecular formula is C16H20ClNO. The zero-order valence-corrected chi connectivity index (χ0v) is 12.3. The molecule has 0 unspecified atom stereocenters. The fraction of sp³-hybridized carbons (Fsp3) is 0.500. The van der Waals surface area contributed by atoms with Gasteiger partial charge in [-0.1, -0.05) is 25.4 Å². The van der Waals surface area contributed by atoms with Crippen molar-refractivity contribution in [3.63, 3.8) is 0 Å². The van der Waals surface area contributed by atoms with Crippen LogP contribution in [0.5, 0.6) is 0 Å². The normalized spacial score (nSPS) is 16.2. The molecule has 1 heterocycles. The third-order valence-corrected chi connectivity index (χ3v) is 4.14. The SMILES string of the molecule is CC(C)(CCNC1CC1)c1cc2cc(Cl)ccc2o1. The monoisotopic (exact) mass is 277 g/mol. The summed E-state index contributed by atoms with van der Waals surface area (Å²) in [4.78, 5) is 0. The Morgan fingerprint density at radius 1 is 1.32 bits per heavy atom. The van der Waals surface area contributed by atoms with Crippen molar-refractivity contribution in [2.75, 3.05) is 6.54 Å². The van der Waals surface area contributed by atoms with E-state index in [0.717, 1.165) is 40.8 Å². The van der Waals surface area contributed by atoms with Crippen molar-refractivity contribution >= 4 is 22.6 Å². The van der Waals surface area contributed by atoms with Crippen molar-refractivity contribution in [2.24, 2.45) is 0 Å². The van der Waals surface area contributed by atoms with Crippen molar-refractivity contribution in [1.29, 1.82) is 0 Å². The molecule has 0 amide bonds. The van der Waals surface area contributed by atoms with Crippen LogP contribution in [0.3, 0.4) is 0 Å². The topological polar surface area (TPSA) is 25.2 Å². The Hall–Kier alpha value is -0.990. The van der Waals surface area contributed by atoms with Crippen LogP contribution >= 0.6 is 11.6 Å². The van der Waals surface area contributed by atoms with Gasteiger partial charge in [-0.05, 0) is 50.1 Å². The fourth-order valence-electron chi connectivity index (χ4n) is 2.35. The number of benzene rings is 1. The summed E-state index contributed by atoms with van der Waals surface area (Å²) < 4.78 is 5.97. The summed E-state index contributed by atoms with van der Waals surface area (Å²) >= 11 is 6.02. The Morgan fingerprint density at radius 3 is 2.84 bits per heavy atom. The molecule has 0 spiro atoms. The molecule has 0 bridgehead atoms. The van der Waals surface area contributed by atoms with Crippen molar-refractivity contribution in [3.05, 3.63) is 35.0 Å². The highest BCUT2D eigenvalue weighted by atomic mass is 35.5. The lowest BCUT2D eigenvalue weighted by molar-refractivity contribution is 0.370. The molecule has 3 rings (SSSR count). The van der Waals surface area contributed by atoms with Gasteiger partial charge in [-0.15, -0.1) is 0 Å². The molecule has 1 fully saturated rings. The highest BCUT2D eigenvalue weighted by Gasteiger charge is 2.26. The van der Waals surface area contributed by atoms with Gasteiger partial charge < -0.3 is 9.73 Å². The summed E-state index contributed by atoms with van der Waals surface area (Å²) in [5, 5.41) is 5.41. The van der Waals surface area contributed by atoms with Crippen LogP contribution in [-0.2, 0) is 5.41 Å². The van der Waals surface area contributed by atoms with E-state index in [1.807, 2.05) is 18.2 Å². The van der Waals surface area contributed by atoms with E-state index in [-0.39, 0.29) is 5.41 Å². The Kier molecular flexibility index (Phi) is 3.32. The molecule has 19 heavy (non-hydrogen) atoms. The number of nitrogens with one attached hydrogen (secondary N) is 1. The highest BCUT2D eigenvalue weighted by molar-refractivity contribution is 6.31. The molecule has 1 aromatic heterocycles. The molecule has 102 valence electrons. The minimum atomic E-state index is 0.0490. The largest absolute Gasteiger partial charge is 0.461 e. The Bertz CT molecular complexity index is 583. The number of hydrogen-bond donors (Lipinski definition) is 1. The quantitative estimate of drug-likeness (QED) is 0.870. The van der Waals surface area contributed by atoms with E-state index in [1.54, 1.807) is 0 Å². The third kappa shape index (κ3) is 2.96. The van der Waals surface area contributed by atoms with Gasteiger partial charge in [-0.3, -0.25) is 0 Å². The van der Waals surface area contributed by atoms with Crippen LogP contribution in [0.25, 0.3) is 11.0 Å². The molecule has 0 saturated heterocycles. The third-order valence-electron chi connectivity index (χ3n) is 3.91. The Balaban J connectivity index is 1.76. The second kappa shape index (κ2) is 4.84. The molecule has 0 radical (unpaired) electrons. The second-order valence-electron chi connectivity index (χ2n) is 6.16. The number of halogens is 1. The smallest absolute Gasteiger partial charge is 0.134 e. The van der Waals surface area contributed by atoms with E-state index in [2.05, 4.69) is 25.2 Å². The summed E-state index contributed by atoms with van der Waals surface area (Å²) in [5.74, 6) is 1.04. The van der Waals surface area contributed by atoms with Crippen molar-refractivity contribution in [3.8, 4) is 0 Å². The maximum atomic E-state index is 6.02. The predicted molar refractivity (Wildman–Crippen MR) is 79.9 cm³/mol. The first-order chi connectivity index (χ1) is 9.04. The summed E-state index contributed by atoms with van der Waals surface area (Å²) in [5.41, 5.74) is 0.968. The molecule has 1 aromatic carbocycles. The van der Waals surface area contributed by atoms with Crippen LogP contribution in [-0.4, -0.2) is 12.6 Å². The van der Waals surface area contributed by atoms with Crippen LogP contribution in [0, 0.1) is 0 Å². The van der Waals surface area contributed by atoms with Gasteiger partial charge in [0.25, 0.3) is 0 Å². The summed E-state index contributed by atoms with van der Waals surface area (Å²) in [7, 11) is 0. The zero-order chi connectivity index (χ0) is 13.5. The van der Waals surface area contributed by atoms with Gasteiger partial charge in [0.15, 0.2) is 0 Å². The molecule has 3 heteroatoms. The minimum absolute atomic E-state index is 0.0490. The molecule has 1 N–H and O–H groups in total. The second-order valence-corrected chi connectivity index (χ2v) is 6.59. The van der Waals surface area contributed by atoms with Crippen LogP contribution in [0.1, 0.15) is 38.9 Å². The number of rotatable bonds is 5. The van der Waals surface area contributed by atoms with Crippen molar-refractivity contribution < 1.29 is 4.42 Å². The van der Waals surface area contributed by atoms with Gasteiger partial charge in [0.2, 0.25) is 0 Å². The van der Waals surface area contributed by atoms with Crippen LogP contribution in [0.2, 0.25) is 5.02 Å². The standard InChI is InChI=1S/C16H20ClNO/c1-16(2,7-8-18-13-4-5-13)15-10-11-9-12(17)3-6-14(11)19-15/h3,6,9-10,13,18H,4-5,7-8H2,1-2H3. The number of furan rings is 1. The molecule has 0 aliphatic heterocycles. The first-order valence-corrected chi connectivity index (χ1v) is 7.35. The summed E-state index contributed by atoms with van der Waals surface area (Å²) in [6.07, 6.45) is 3.75. The van der Waals surface area contributed by atoms with Crippen LogP contribution in [0.15, 0.2) is 28.7 Å². The lowest BCUT2D eigenvalue weighted by atomic mass is 9.86. The van der Waals surface area contributed by atoms with E-state index < -0.39 is 0 Å². The van der Waals surface area contributed by atoms with E-state index in [0.29, 0.717) is 0 Å².